The molecule has 1 aliphatic heterocycles. The minimum Gasteiger partial charge on any atom is -0.468 e. The van der Waals surface area contributed by atoms with Gasteiger partial charge in [-0.1, -0.05) is 11.6 Å². The fourth-order valence-electron chi connectivity index (χ4n) is 3.20. The highest BCUT2D eigenvalue weighted by atomic mass is 16.5. The van der Waals surface area contributed by atoms with Crippen molar-refractivity contribution in [1.29, 1.82) is 5.26 Å². The van der Waals surface area contributed by atoms with E-state index >= 15 is 0 Å². The monoisotopic (exact) mass is 375 g/mol. The van der Waals surface area contributed by atoms with Crippen molar-refractivity contribution in [3.05, 3.63) is 75.4 Å². The zero-order valence-corrected chi connectivity index (χ0v) is 15.6. The van der Waals surface area contributed by atoms with Gasteiger partial charge in [0.05, 0.1) is 29.5 Å². The number of nitriles is 1. The van der Waals surface area contributed by atoms with E-state index < -0.39 is 11.5 Å². The lowest BCUT2D eigenvalue weighted by Gasteiger charge is -2.24. The van der Waals surface area contributed by atoms with E-state index in [-0.39, 0.29) is 17.0 Å². The normalized spacial score (nSPS) is 16.1. The average molecular weight is 375 g/mol. The lowest BCUT2D eigenvalue weighted by atomic mass is 9.87. The molecular weight excluding hydrogens is 358 g/mol. The summed E-state index contributed by atoms with van der Waals surface area (Å²) in [5, 5.41) is 10.5. The number of fused-ring (bicyclic) bond motifs is 3. The summed E-state index contributed by atoms with van der Waals surface area (Å²) in [6, 6.07) is 11.0. The largest absolute Gasteiger partial charge is 0.468 e. The summed E-state index contributed by atoms with van der Waals surface area (Å²) in [5.74, 6) is 0.136. The topological polar surface area (TPSA) is 92.0 Å². The Bertz CT molecular complexity index is 1210. The number of hydrogen-bond acceptors (Lipinski definition) is 6. The molecule has 1 aromatic carbocycles. The zero-order chi connectivity index (χ0) is 19.8. The first-order valence-corrected chi connectivity index (χ1v) is 8.63. The molecule has 3 heterocycles. The number of hydrogen-bond donors (Lipinski definition) is 0. The van der Waals surface area contributed by atoms with E-state index in [0.717, 1.165) is 5.56 Å². The van der Waals surface area contributed by atoms with Crippen LogP contribution in [-0.2, 0) is 0 Å². The Morgan fingerprint density at radius 2 is 2.11 bits per heavy atom. The van der Waals surface area contributed by atoms with Gasteiger partial charge in [0.2, 0.25) is 5.88 Å². The second-order valence-electron chi connectivity index (χ2n) is 6.72. The van der Waals surface area contributed by atoms with Crippen molar-refractivity contribution in [3.8, 4) is 11.8 Å². The van der Waals surface area contributed by atoms with Gasteiger partial charge in [-0.25, -0.2) is 9.79 Å². The predicted molar refractivity (Wildman–Crippen MR) is 103 cm³/mol. The van der Waals surface area contributed by atoms with Crippen molar-refractivity contribution in [2.75, 3.05) is 14.1 Å². The molecule has 0 spiro atoms. The molecule has 0 bridgehead atoms. The van der Waals surface area contributed by atoms with Crippen molar-refractivity contribution in [2.24, 2.45) is 4.99 Å². The number of aliphatic imine (C=N–C) groups is 1. The lowest BCUT2D eigenvalue weighted by Crippen LogP contribution is -2.23. The second kappa shape index (κ2) is 6.74. The van der Waals surface area contributed by atoms with Gasteiger partial charge in [-0.15, -0.1) is 0 Å². The molecule has 28 heavy (non-hydrogen) atoms. The van der Waals surface area contributed by atoms with Crippen LogP contribution in [0.2, 0.25) is 0 Å². The van der Waals surface area contributed by atoms with Crippen molar-refractivity contribution in [1.82, 2.24) is 4.90 Å². The van der Waals surface area contributed by atoms with Crippen LogP contribution in [0, 0.1) is 18.3 Å². The van der Waals surface area contributed by atoms with Crippen LogP contribution >= 0.6 is 0 Å². The van der Waals surface area contributed by atoms with E-state index in [9.17, 15) is 10.1 Å². The minimum atomic E-state index is -0.765. The average Bonchev–Trinajstić information content (AvgIpc) is 3.20. The molecule has 0 fully saturated rings. The molecule has 0 N–H and O–H groups in total. The van der Waals surface area contributed by atoms with Crippen LogP contribution < -0.4 is 10.4 Å². The Kier molecular flexibility index (Phi) is 4.24. The molecule has 2 aromatic heterocycles. The highest BCUT2D eigenvalue weighted by Gasteiger charge is 2.37. The minimum absolute atomic E-state index is 0.124. The fourth-order valence-corrected chi connectivity index (χ4v) is 3.20. The molecule has 0 radical (unpaired) electrons. The van der Waals surface area contributed by atoms with E-state index in [1.807, 2.05) is 33.2 Å². The van der Waals surface area contributed by atoms with E-state index in [1.165, 1.54) is 12.6 Å². The lowest BCUT2D eigenvalue weighted by molar-refractivity contribution is 0.377. The van der Waals surface area contributed by atoms with E-state index in [2.05, 4.69) is 11.1 Å². The van der Waals surface area contributed by atoms with E-state index in [1.54, 1.807) is 23.1 Å². The van der Waals surface area contributed by atoms with Crippen LogP contribution in [0.1, 0.15) is 22.8 Å². The molecule has 1 unspecified atom stereocenters. The maximum Gasteiger partial charge on any atom is 0.344 e. The van der Waals surface area contributed by atoms with Crippen molar-refractivity contribution in [3.63, 3.8) is 0 Å². The fraction of sp³-hybridized carbons (Fsp3) is 0.190. The van der Waals surface area contributed by atoms with Crippen LogP contribution in [0.15, 0.2) is 66.7 Å². The maximum atomic E-state index is 12.8. The van der Waals surface area contributed by atoms with Crippen LogP contribution in [0.5, 0.6) is 5.75 Å². The first-order valence-electron chi connectivity index (χ1n) is 8.63. The van der Waals surface area contributed by atoms with Crippen molar-refractivity contribution in [2.45, 2.75) is 12.8 Å². The van der Waals surface area contributed by atoms with Gasteiger partial charge in [0.1, 0.15) is 23.0 Å². The standard InChI is InChI=1S/C21H17N3O4/c1-12-6-7-15-13(9-12)19-18(21(25)27-15)17(16-5-4-8-26-16)14(10-22)20(28-19)23-11-24(2)3/h4-9,11,17H,1-3H3/b23-11+. The van der Waals surface area contributed by atoms with E-state index in [0.29, 0.717) is 22.5 Å². The molecule has 0 aliphatic carbocycles. The molecule has 140 valence electrons. The Balaban J connectivity index is 2.07. The smallest absolute Gasteiger partial charge is 0.344 e. The van der Waals surface area contributed by atoms with Gasteiger partial charge in [-0.05, 0) is 31.2 Å². The number of ether oxygens (including phenoxy) is 1. The van der Waals surface area contributed by atoms with Crippen molar-refractivity contribution < 1.29 is 13.6 Å². The molecule has 3 aromatic rings. The van der Waals surface area contributed by atoms with Crippen molar-refractivity contribution >= 4 is 17.3 Å². The quantitative estimate of drug-likeness (QED) is 0.395. The number of aryl methyl sites for hydroxylation is 1. The number of nitrogens with zero attached hydrogens (tertiary/aromatic N) is 3. The second-order valence-corrected chi connectivity index (χ2v) is 6.72. The highest BCUT2D eigenvalue weighted by molar-refractivity contribution is 5.86. The molecule has 1 atom stereocenters. The summed E-state index contributed by atoms with van der Waals surface area (Å²) in [6.07, 6.45) is 3.03. The Hall–Kier alpha value is -3.79. The summed E-state index contributed by atoms with van der Waals surface area (Å²) in [5.41, 5.74) is 1.23. The molecule has 4 rings (SSSR count). The number of benzene rings is 1. The molecular formula is C21H17N3O4. The zero-order valence-electron chi connectivity index (χ0n) is 15.6. The van der Waals surface area contributed by atoms with Crippen LogP contribution in [0.4, 0.5) is 0 Å². The molecule has 1 aliphatic rings. The van der Waals surface area contributed by atoms with E-state index in [4.69, 9.17) is 13.6 Å². The van der Waals surface area contributed by atoms with Crippen LogP contribution in [0.25, 0.3) is 11.0 Å². The first kappa shape index (κ1) is 17.6. The first-order chi connectivity index (χ1) is 13.5. The SMILES string of the molecule is Cc1ccc2oc(=O)c3c(c2c1)OC(/N=C/N(C)C)=C(C#N)C3c1ccco1. The Labute approximate surface area is 160 Å². The molecule has 0 saturated heterocycles. The molecule has 7 heteroatoms. The Morgan fingerprint density at radius 1 is 1.29 bits per heavy atom. The summed E-state index contributed by atoms with van der Waals surface area (Å²) >= 11 is 0. The third-order valence-corrected chi connectivity index (χ3v) is 4.41. The summed E-state index contributed by atoms with van der Waals surface area (Å²) in [7, 11) is 3.62. The highest BCUT2D eigenvalue weighted by Crippen LogP contribution is 2.44. The summed E-state index contributed by atoms with van der Waals surface area (Å²) in [4.78, 5) is 18.9. The molecule has 0 saturated carbocycles. The molecule has 0 amide bonds. The van der Waals surface area contributed by atoms with Gasteiger partial charge in [-0.2, -0.15) is 5.26 Å². The van der Waals surface area contributed by atoms with Gasteiger partial charge in [-0.3, -0.25) is 0 Å². The predicted octanol–water partition coefficient (Wildman–Crippen LogP) is 3.54. The van der Waals surface area contributed by atoms with Crippen LogP contribution in [0.3, 0.4) is 0 Å². The summed E-state index contributed by atoms with van der Waals surface area (Å²) < 4.78 is 17.1. The number of allylic oxidation sites excluding steroid dienone is 1. The number of rotatable bonds is 3. The third-order valence-electron chi connectivity index (χ3n) is 4.41. The third kappa shape index (κ3) is 2.85. The van der Waals surface area contributed by atoms with Gasteiger partial charge >= 0.3 is 5.63 Å². The van der Waals surface area contributed by atoms with Gasteiger partial charge in [0.15, 0.2) is 5.75 Å². The Morgan fingerprint density at radius 3 is 2.79 bits per heavy atom. The van der Waals surface area contributed by atoms with Gasteiger partial charge in [0.25, 0.3) is 0 Å². The van der Waals surface area contributed by atoms with Crippen LogP contribution in [-0.4, -0.2) is 25.3 Å². The summed E-state index contributed by atoms with van der Waals surface area (Å²) in [6.45, 7) is 1.94. The number of furan rings is 1. The maximum absolute atomic E-state index is 12.8. The van der Waals surface area contributed by atoms with Gasteiger partial charge in [0, 0.05) is 14.1 Å². The van der Waals surface area contributed by atoms with Gasteiger partial charge < -0.3 is 18.5 Å². The molecule has 7 nitrogen and oxygen atoms in total.